The van der Waals surface area contributed by atoms with Crippen molar-refractivity contribution in [2.45, 2.75) is 51.0 Å². The maximum absolute atomic E-state index is 12.2. The molecule has 5 heteroatoms. The first-order chi connectivity index (χ1) is 9.81. The number of thiazole rings is 1. The SMILES string of the molecule is O=C(CCC1CCCC1)N1CCC(Oc2nccs2)C1. The fraction of sp³-hybridized carbons (Fsp3) is 0.733. The van der Waals surface area contributed by atoms with E-state index in [2.05, 4.69) is 4.98 Å². The maximum atomic E-state index is 12.2. The summed E-state index contributed by atoms with van der Waals surface area (Å²) in [4.78, 5) is 18.3. The van der Waals surface area contributed by atoms with Gasteiger partial charge in [0.25, 0.3) is 5.19 Å². The van der Waals surface area contributed by atoms with Crippen LogP contribution in [0.3, 0.4) is 0 Å². The number of amides is 1. The molecule has 20 heavy (non-hydrogen) atoms. The summed E-state index contributed by atoms with van der Waals surface area (Å²) in [5.41, 5.74) is 0. The second-order valence-corrected chi connectivity index (χ2v) is 6.71. The topological polar surface area (TPSA) is 42.4 Å². The van der Waals surface area contributed by atoms with Gasteiger partial charge in [-0.15, -0.1) is 0 Å². The summed E-state index contributed by atoms with van der Waals surface area (Å²) in [5, 5.41) is 2.63. The predicted octanol–water partition coefficient (Wildman–Crippen LogP) is 3.09. The molecule has 1 aromatic heterocycles. The minimum absolute atomic E-state index is 0.122. The first-order valence-electron chi connectivity index (χ1n) is 7.65. The zero-order valence-electron chi connectivity index (χ0n) is 11.8. The van der Waals surface area contributed by atoms with Crippen molar-refractivity contribution in [2.24, 2.45) is 5.92 Å². The molecule has 110 valence electrons. The standard InChI is InChI=1S/C15H22N2O2S/c18-14(6-5-12-3-1-2-4-12)17-9-7-13(11-17)19-15-16-8-10-20-15/h8,10,12-13H,1-7,9,11H2. The molecule has 0 spiro atoms. The maximum Gasteiger partial charge on any atom is 0.273 e. The largest absolute Gasteiger partial charge is 0.465 e. The van der Waals surface area contributed by atoms with Gasteiger partial charge in [-0.05, 0) is 12.3 Å². The highest BCUT2D eigenvalue weighted by molar-refractivity contribution is 7.11. The minimum atomic E-state index is 0.122. The molecular weight excluding hydrogens is 272 g/mol. The zero-order chi connectivity index (χ0) is 13.8. The van der Waals surface area contributed by atoms with Gasteiger partial charge >= 0.3 is 0 Å². The van der Waals surface area contributed by atoms with Crippen molar-refractivity contribution in [3.8, 4) is 5.19 Å². The average Bonchev–Trinajstić information content (AvgIpc) is 3.19. The van der Waals surface area contributed by atoms with Gasteiger partial charge in [0.2, 0.25) is 5.91 Å². The number of hydrogen-bond donors (Lipinski definition) is 0. The first kappa shape index (κ1) is 13.9. The Morgan fingerprint density at radius 1 is 1.40 bits per heavy atom. The normalized spacial score (nSPS) is 23.4. The highest BCUT2D eigenvalue weighted by Crippen LogP contribution is 2.29. The lowest BCUT2D eigenvalue weighted by atomic mass is 10.0. The van der Waals surface area contributed by atoms with Gasteiger partial charge in [-0.25, -0.2) is 4.98 Å². The van der Waals surface area contributed by atoms with Crippen molar-refractivity contribution < 1.29 is 9.53 Å². The molecule has 1 saturated carbocycles. The van der Waals surface area contributed by atoms with Crippen LogP contribution in [-0.2, 0) is 4.79 Å². The van der Waals surface area contributed by atoms with E-state index in [1.165, 1.54) is 37.0 Å². The lowest BCUT2D eigenvalue weighted by molar-refractivity contribution is -0.130. The molecule has 0 radical (unpaired) electrons. The van der Waals surface area contributed by atoms with Gasteiger partial charge in [0.1, 0.15) is 6.10 Å². The number of aromatic nitrogens is 1. The highest BCUT2D eigenvalue weighted by atomic mass is 32.1. The fourth-order valence-electron chi connectivity index (χ4n) is 3.25. The van der Waals surface area contributed by atoms with Gasteiger partial charge in [-0.2, -0.15) is 0 Å². The Hall–Kier alpha value is -1.10. The van der Waals surface area contributed by atoms with E-state index in [1.54, 1.807) is 6.20 Å². The molecule has 0 bridgehead atoms. The van der Waals surface area contributed by atoms with Crippen LogP contribution in [0, 0.1) is 5.92 Å². The summed E-state index contributed by atoms with van der Waals surface area (Å²) >= 11 is 1.51. The van der Waals surface area contributed by atoms with E-state index in [9.17, 15) is 4.79 Å². The second-order valence-electron chi connectivity index (χ2n) is 5.86. The Kier molecular flexibility index (Phi) is 4.55. The smallest absolute Gasteiger partial charge is 0.273 e. The molecular formula is C15H22N2O2S. The van der Waals surface area contributed by atoms with E-state index in [0.717, 1.165) is 37.0 Å². The van der Waals surface area contributed by atoms with Crippen molar-refractivity contribution in [1.29, 1.82) is 0 Å². The molecule has 1 atom stereocenters. The van der Waals surface area contributed by atoms with Crippen LogP contribution in [0.4, 0.5) is 0 Å². The predicted molar refractivity (Wildman–Crippen MR) is 78.9 cm³/mol. The van der Waals surface area contributed by atoms with Crippen LogP contribution >= 0.6 is 11.3 Å². The van der Waals surface area contributed by atoms with Gasteiger partial charge in [0, 0.05) is 31.0 Å². The van der Waals surface area contributed by atoms with E-state index in [4.69, 9.17) is 4.74 Å². The molecule has 2 fully saturated rings. The van der Waals surface area contributed by atoms with E-state index in [0.29, 0.717) is 12.3 Å². The van der Waals surface area contributed by atoms with E-state index in [1.807, 2.05) is 10.3 Å². The van der Waals surface area contributed by atoms with Crippen LogP contribution in [0.2, 0.25) is 0 Å². The molecule has 1 aliphatic carbocycles. The summed E-state index contributed by atoms with van der Waals surface area (Å²) in [6, 6.07) is 0. The van der Waals surface area contributed by atoms with Crippen molar-refractivity contribution in [3.63, 3.8) is 0 Å². The lowest BCUT2D eigenvalue weighted by Crippen LogP contribution is -2.31. The lowest BCUT2D eigenvalue weighted by Gasteiger charge is -2.17. The van der Waals surface area contributed by atoms with E-state index >= 15 is 0 Å². The third-order valence-electron chi connectivity index (χ3n) is 4.42. The van der Waals surface area contributed by atoms with Crippen molar-refractivity contribution in [3.05, 3.63) is 11.6 Å². The number of carbonyl (C=O) groups excluding carboxylic acids is 1. The molecule has 1 aromatic rings. The molecule has 1 aliphatic heterocycles. The Morgan fingerprint density at radius 2 is 2.25 bits per heavy atom. The summed E-state index contributed by atoms with van der Waals surface area (Å²) < 4.78 is 5.79. The van der Waals surface area contributed by atoms with Gasteiger partial charge < -0.3 is 9.64 Å². The Bertz CT molecular complexity index is 429. The molecule has 2 heterocycles. The van der Waals surface area contributed by atoms with Crippen LogP contribution in [0.25, 0.3) is 0 Å². The number of ether oxygens (including phenoxy) is 1. The number of nitrogens with zero attached hydrogens (tertiary/aromatic N) is 2. The Balaban J connectivity index is 1.40. The molecule has 4 nitrogen and oxygen atoms in total. The molecule has 2 aliphatic rings. The second kappa shape index (κ2) is 6.57. The molecule has 0 N–H and O–H groups in total. The molecule has 3 rings (SSSR count). The number of carbonyl (C=O) groups is 1. The van der Waals surface area contributed by atoms with Gasteiger partial charge in [-0.1, -0.05) is 37.0 Å². The van der Waals surface area contributed by atoms with Crippen LogP contribution in [0.5, 0.6) is 5.19 Å². The Labute approximate surface area is 124 Å². The fourth-order valence-corrected chi connectivity index (χ4v) is 3.80. The number of rotatable bonds is 5. The van der Waals surface area contributed by atoms with E-state index < -0.39 is 0 Å². The third-order valence-corrected chi connectivity index (χ3v) is 5.08. The molecule has 1 amide bonds. The summed E-state index contributed by atoms with van der Waals surface area (Å²) in [6.45, 7) is 1.56. The van der Waals surface area contributed by atoms with Crippen LogP contribution in [0.1, 0.15) is 44.9 Å². The van der Waals surface area contributed by atoms with Crippen molar-refractivity contribution >= 4 is 17.2 Å². The number of likely N-dealkylation sites (tertiary alicyclic amines) is 1. The number of hydrogen-bond acceptors (Lipinski definition) is 4. The molecule has 0 aromatic carbocycles. The molecule has 1 unspecified atom stereocenters. The monoisotopic (exact) mass is 294 g/mol. The third kappa shape index (κ3) is 3.51. The van der Waals surface area contributed by atoms with Crippen LogP contribution < -0.4 is 4.74 Å². The van der Waals surface area contributed by atoms with Crippen LogP contribution in [-0.4, -0.2) is 35.0 Å². The first-order valence-corrected chi connectivity index (χ1v) is 8.53. The highest BCUT2D eigenvalue weighted by Gasteiger charge is 2.28. The summed E-state index contributed by atoms with van der Waals surface area (Å²) in [7, 11) is 0. The van der Waals surface area contributed by atoms with Gasteiger partial charge in [0.05, 0.1) is 6.54 Å². The summed E-state index contributed by atoms with van der Waals surface area (Å²) in [6.07, 6.45) is 9.94. The molecule has 1 saturated heterocycles. The average molecular weight is 294 g/mol. The minimum Gasteiger partial charge on any atom is -0.465 e. The quantitative estimate of drug-likeness (QED) is 0.838. The van der Waals surface area contributed by atoms with Crippen molar-refractivity contribution in [1.82, 2.24) is 9.88 Å². The van der Waals surface area contributed by atoms with Crippen LogP contribution in [0.15, 0.2) is 11.6 Å². The summed E-state index contributed by atoms with van der Waals surface area (Å²) in [5.74, 6) is 1.10. The van der Waals surface area contributed by atoms with Gasteiger partial charge in [-0.3, -0.25) is 4.79 Å². The zero-order valence-corrected chi connectivity index (χ0v) is 12.6. The van der Waals surface area contributed by atoms with Gasteiger partial charge in [0.15, 0.2) is 0 Å². The Morgan fingerprint density at radius 3 is 3.00 bits per heavy atom. The van der Waals surface area contributed by atoms with Crippen molar-refractivity contribution in [2.75, 3.05) is 13.1 Å². The van der Waals surface area contributed by atoms with E-state index in [-0.39, 0.29) is 6.10 Å².